The molecule has 0 aromatic heterocycles. The van der Waals surface area contributed by atoms with E-state index in [4.69, 9.17) is 4.74 Å². The number of carbonyl (C=O) groups excluding carboxylic acids is 1. The standard InChI is InChI=1S/C18H24FNO3/c19-15-4-1-3-14(9-15)18(7-2-8-18)17(22)20-10-16(21)12-23-11-13-5-6-13/h1,3-4,9,13,16,21H,2,5-8,10-12H2,(H,20,22). The van der Waals surface area contributed by atoms with Gasteiger partial charge in [-0.3, -0.25) is 4.79 Å². The molecule has 3 rings (SSSR count). The molecule has 0 radical (unpaired) electrons. The average molecular weight is 321 g/mol. The van der Waals surface area contributed by atoms with Crippen LogP contribution in [-0.4, -0.2) is 36.9 Å². The predicted octanol–water partition coefficient (Wildman–Crippen LogP) is 2.15. The molecule has 2 saturated carbocycles. The van der Waals surface area contributed by atoms with Gasteiger partial charge in [0.1, 0.15) is 5.82 Å². The Kier molecular flexibility index (Phi) is 4.97. The molecule has 126 valence electrons. The number of nitrogens with one attached hydrogen (secondary N) is 1. The normalized spacial score (nSPS) is 20.6. The SMILES string of the molecule is O=C(NCC(O)COCC1CC1)C1(c2cccc(F)c2)CCC1. The van der Waals surface area contributed by atoms with Gasteiger partial charge in [-0.2, -0.15) is 0 Å². The van der Waals surface area contributed by atoms with Crippen LogP contribution < -0.4 is 5.32 Å². The number of benzene rings is 1. The first-order valence-corrected chi connectivity index (χ1v) is 8.40. The van der Waals surface area contributed by atoms with E-state index in [1.165, 1.54) is 25.0 Å². The number of aliphatic hydroxyl groups excluding tert-OH is 1. The number of rotatable bonds is 8. The van der Waals surface area contributed by atoms with Gasteiger partial charge in [0.15, 0.2) is 0 Å². The van der Waals surface area contributed by atoms with Crippen molar-refractivity contribution in [1.82, 2.24) is 5.32 Å². The van der Waals surface area contributed by atoms with Crippen molar-refractivity contribution in [2.45, 2.75) is 43.6 Å². The molecule has 1 aromatic rings. The fourth-order valence-corrected chi connectivity index (χ4v) is 3.06. The van der Waals surface area contributed by atoms with E-state index in [1.807, 2.05) is 0 Å². The van der Waals surface area contributed by atoms with Gasteiger partial charge in [0.2, 0.25) is 5.91 Å². The Balaban J connectivity index is 1.51. The number of carbonyl (C=O) groups is 1. The van der Waals surface area contributed by atoms with Gasteiger partial charge in [-0.15, -0.1) is 0 Å². The van der Waals surface area contributed by atoms with E-state index in [-0.39, 0.29) is 24.9 Å². The van der Waals surface area contributed by atoms with Gasteiger partial charge in [0, 0.05) is 13.2 Å². The average Bonchev–Trinajstić information content (AvgIpc) is 3.28. The summed E-state index contributed by atoms with van der Waals surface area (Å²) in [7, 11) is 0. The minimum atomic E-state index is -0.706. The van der Waals surface area contributed by atoms with E-state index in [1.54, 1.807) is 12.1 Å². The van der Waals surface area contributed by atoms with E-state index in [9.17, 15) is 14.3 Å². The van der Waals surface area contributed by atoms with Crippen molar-refractivity contribution < 1.29 is 19.0 Å². The van der Waals surface area contributed by atoms with Crippen molar-refractivity contribution in [3.8, 4) is 0 Å². The highest BCUT2D eigenvalue weighted by Crippen LogP contribution is 2.44. The van der Waals surface area contributed by atoms with Crippen LogP contribution in [0.1, 0.15) is 37.7 Å². The van der Waals surface area contributed by atoms with Gasteiger partial charge in [-0.05, 0) is 49.3 Å². The Hall–Kier alpha value is -1.46. The van der Waals surface area contributed by atoms with E-state index in [0.717, 1.165) is 24.8 Å². The van der Waals surface area contributed by atoms with Crippen LogP contribution in [0.3, 0.4) is 0 Å². The molecule has 2 aliphatic carbocycles. The number of halogens is 1. The molecule has 5 heteroatoms. The summed E-state index contributed by atoms with van der Waals surface area (Å²) >= 11 is 0. The molecule has 1 unspecified atom stereocenters. The summed E-state index contributed by atoms with van der Waals surface area (Å²) in [5.74, 6) is 0.202. The lowest BCUT2D eigenvalue weighted by atomic mass is 9.64. The number of amides is 1. The molecule has 23 heavy (non-hydrogen) atoms. The van der Waals surface area contributed by atoms with E-state index >= 15 is 0 Å². The van der Waals surface area contributed by atoms with Gasteiger partial charge in [0.05, 0.1) is 18.1 Å². The van der Waals surface area contributed by atoms with Gasteiger partial charge in [-0.1, -0.05) is 18.6 Å². The first-order chi connectivity index (χ1) is 11.1. The summed E-state index contributed by atoms with van der Waals surface area (Å²) in [4.78, 5) is 12.6. The minimum Gasteiger partial charge on any atom is -0.389 e. The Morgan fingerprint density at radius 1 is 1.43 bits per heavy atom. The van der Waals surface area contributed by atoms with E-state index in [2.05, 4.69) is 5.32 Å². The summed E-state index contributed by atoms with van der Waals surface area (Å²) in [6.45, 7) is 1.10. The smallest absolute Gasteiger partial charge is 0.230 e. The molecule has 0 bridgehead atoms. The Morgan fingerprint density at radius 3 is 2.83 bits per heavy atom. The second kappa shape index (κ2) is 6.97. The van der Waals surface area contributed by atoms with Crippen LogP contribution in [0.2, 0.25) is 0 Å². The highest BCUT2D eigenvalue weighted by molar-refractivity contribution is 5.89. The number of hydrogen-bond donors (Lipinski definition) is 2. The minimum absolute atomic E-state index is 0.129. The highest BCUT2D eigenvalue weighted by atomic mass is 19.1. The van der Waals surface area contributed by atoms with E-state index < -0.39 is 11.5 Å². The first-order valence-electron chi connectivity index (χ1n) is 8.40. The lowest BCUT2D eigenvalue weighted by molar-refractivity contribution is -0.130. The molecule has 0 saturated heterocycles. The quantitative estimate of drug-likeness (QED) is 0.771. The molecule has 2 N–H and O–H groups in total. The van der Waals surface area contributed by atoms with Crippen LogP contribution >= 0.6 is 0 Å². The zero-order valence-corrected chi connectivity index (χ0v) is 13.3. The summed E-state index contributed by atoms with van der Waals surface area (Å²) in [5.41, 5.74) is 0.0807. The van der Waals surface area contributed by atoms with Crippen molar-refractivity contribution in [3.63, 3.8) is 0 Å². The van der Waals surface area contributed by atoms with Gasteiger partial charge in [-0.25, -0.2) is 4.39 Å². The summed E-state index contributed by atoms with van der Waals surface area (Å²) in [6, 6.07) is 6.26. The second-order valence-corrected chi connectivity index (χ2v) is 6.79. The fourth-order valence-electron chi connectivity index (χ4n) is 3.06. The third kappa shape index (κ3) is 3.90. The molecule has 1 amide bonds. The van der Waals surface area contributed by atoms with Crippen LogP contribution in [0.15, 0.2) is 24.3 Å². The number of ether oxygens (including phenoxy) is 1. The highest BCUT2D eigenvalue weighted by Gasteiger charge is 2.45. The van der Waals surface area contributed by atoms with Gasteiger partial charge in [0.25, 0.3) is 0 Å². The number of hydrogen-bond acceptors (Lipinski definition) is 3. The van der Waals surface area contributed by atoms with Crippen LogP contribution in [-0.2, 0) is 14.9 Å². The van der Waals surface area contributed by atoms with Crippen molar-refractivity contribution in [1.29, 1.82) is 0 Å². The maximum Gasteiger partial charge on any atom is 0.230 e. The molecule has 1 aromatic carbocycles. The molecular formula is C18H24FNO3. The first kappa shape index (κ1) is 16.4. The van der Waals surface area contributed by atoms with Gasteiger partial charge >= 0.3 is 0 Å². The van der Waals surface area contributed by atoms with Crippen molar-refractivity contribution in [3.05, 3.63) is 35.6 Å². The third-order valence-electron chi connectivity index (χ3n) is 4.88. The topological polar surface area (TPSA) is 58.6 Å². The summed E-state index contributed by atoms with van der Waals surface area (Å²) in [5, 5.41) is 12.7. The zero-order chi connectivity index (χ0) is 16.3. The number of aliphatic hydroxyl groups is 1. The molecule has 0 spiro atoms. The maximum absolute atomic E-state index is 13.5. The van der Waals surface area contributed by atoms with Crippen molar-refractivity contribution in [2.75, 3.05) is 19.8 Å². The van der Waals surface area contributed by atoms with Crippen LogP contribution in [0.25, 0.3) is 0 Å². The molecule has 0 heterocycles. The Bertz CT molecular complexity index is 555. The molecule has 4 nitrogen and oxygen atoms in total. The van der Waals surface area contributed by atoms with Crippen molar-refractivity contribution >= 4 is 5.91 Å². The molecular weight excluding hydrogens is 297 g/mol. The van der Waals surface area contributed by atoms with E-state index in [0.29, 0.717) is 12.5 Å². The molecule has 0 aliphatic heterocycles. The Morgan fingerprint density at radius 2 is 2.22 bits per heavy atom. The largest absolute Gasteiger partial charge is 0.389 e. The predicted molar refractivity (Wildman–Crippen MR) is 84.5 cm³/mol. The van der Waals surface area contributed by atoms with Crippen molar-refractivity contribution in [2.24, 2.45) is 5.92 Å². The Labute approximate surface area is 136 Å². The summed E-state index contributed by atoms with van der Waals surface area (Å²) in [6.07, 6.45) is 4.11. The lowest BCUT2D eigenvalue weighted by Crippen LogP contribution is -2.51. The maximum atomic E-state index is 13.5. The zero-order valence-electron chi connectivity index (χ0n) is 13.3. The summed E-state index contributed by atoms with van der Waals surface area (Å²) < 4.78 is 18.9. The van der Waals surface area contributed by atoms with Crippen LogP contribution in [0.4, 0.5) is 4.39 Å². The lowest BCUT2D eigenvalue weighted by Gasteiger charge is -2.41. The van der Waals surface area contributed by atoms with Crippen LogP contribution in [0.5, 0.6) is 0 Å². The van der Waals surface area contributed by atoms with Crippen LogP contribution in [0, 0.1) is 11.7 Å². The molecule has 2 aliphatic rings. The third-order valence-corrected chi connectivity index (χ3v) is 4.88. The van der Waals surface area contributed by atoms with Gasteiger partial charge < -0.3 is 15.2 Å². The fraction of sp³-hybridized carbons (Fsp3) is 0.611. The monoisotopic (exact) mass is 321 g/mol. The molecule has 2 fully saturated rings. The second-order valence-electron chi connectivity index (χ2n) is 6.79. The molecule has 1 atom stereocenters.